The molecule has 4 nitrogen and oxygen atoms in total. The molecule has 16 heavy (non-hydrogen) atoms. The molecule has 0 aliphatic heterocycles. The zero-order chi connectivity index (χ0) is 12.2. The average Bonchev–Trinajstić information content (AvgIpc) is 2.98. The summed E-state index contributed by atoms with van der Waals surface area (Å²) in [4.78, 5) is 11.5. The summed E-state index contributed by atoms with van der Waals surface area (Å²) in [6.45, 7) is 6.87. The van der Waals surface area contributed by atoms with Crippen LogP contribution >= 0.6 is 0 Å². The Balaban J connectivity index is 2.67. The van der Waals surface area contributed by atoms with Crippen molar-refractivity contribution in [1.29, 1.82) is 0 Å². The summed E-state index contributed by atoms with van der Waals surface area (Å²) in [6, 6.07) is 0.155. The fourth-order valence-corrected chi connectivity index (χ4v) is 2.04. The van der Waals surface area contributed by atoms with Crippen molar-refractivity contribution in [1.82, 2.24) is 5.32 Å². The maximum absolute atomic E-state index is 11.5. The summed E-state index contributed by atoms with van der Waals surface area (Å²) in [5.74, 6) is -0.552. The van der Waals surface area contributed by atoms with E-state index >= 15 is 0 Å². The number of aliphatic carboxylic acids is 1. The van der Waals surface area contributed by atoms with Gasteiger partial charge in [-0.05, 0) is 39.0 Å². The second-order valence-electron chi connectivity index (χ2n) is 4.90. The standard InChI is InChI=1S/C12H23NO3/c1-4-7-16-8-12(11(14)15,10-5-6-10)13-9(2)3/h9-10,13H,4-8H2,1-3H3,(H,14,15). The Morgan fingerprint density at radius 3 is 2.56 bits per heavy atom. The zero-order valence-electron chi connectivity index (χ0n) is 10.5. The normalized spacial score (nSPS) is 19.8. The molecule has 0 spiro atoms. The van der Waals surface area contributed by atoms with Gasteiger partial charge < -0.3 is 9.84 Å². The van der Waals surface area contributed by atoms with Crippen molar-refractivity contribution in [3.63, 3.8) is 0 Å². The fourth-order valence-electron chi connectivity index (χ4n) is 2.04. The van der Waals surface area contributed by atoms with Crippen LogP contribution in [0, 0.1) is 5.92 Å². The fraction of sp³-hybridized carbons (Fsp3) is 0.917. The molecule has 4 heteroatoms. The van der Waals surface area contributed by atoms with Crippen LogP contribution in [0.4, 0.5) is 0 Å². The van der Waals surface area contributed by atoms with Gasteiger partial charge in [0.1, 0.15) is 5.54 Å². The highest BCUT2D eigenvalue weighted by Gasteiger charge is 2.51. The monoisotopic (exact) mass is 229 g/mol. The number of carbonyl (C=O) groups is 1. The number of hydrogen-bond donors (Lipinski definition) is 2. The van der Waals surface area contributed by atoms with Gasteiger partial charge in [-0.1, -0.05) is 6.92 Å². The first-order valence-corrected chi connectivity index (χ1v) is 6.11. The summed E-state index contributed by atoms with van der Waals surface area (Å²) >= 11 is 0. The van der Waals surface area contributed by atoms with Crippen LogP contribution in [0.15, 0.2) is 0 Å². The van der Waals surface area contributed by atoms with Gasteiger partial charge in [0.25, 0.3) is 0 Å². The molecule has 1 unspecified atom stereocenters. The molecule has 0 bridgehead atoms. The van der Waals surface area contributed by atoms with Crippen molar-refractivity contribution in [3.8, 4) is 0 Å². The lowest BCUT2D eigenvalue weighted by Crippen LogP contribution is -2.59. The van der Waals surface area contributed by atoms with Crippen molar-refractivity contribution in [2.75, 3.05) is 13.2 Å². The molecule has 94 valence electrons. The Labute approximate surface area is 97.4 Å². The van der Waals surface area contributed by atoms with Crippen LogP contribution < -0.4 is 5.32 Å². The minimum atomic E-state index is -0.872. The number of rotatable bonds is 8. The molecule has 1 aliphatic carbocycles. The molecule has 1 saturated carbocycles. The third-order valence-corrected chi connectivity index (χ3v) is 2.88. The van der Waals surface area contributed by atoms with Gasteiger partial charge in [-0.15, -0.1) is 0 Å². The van der Waals surface area contributed by atoms with Crippen LogP contribution in [-0.2, 0) is 9.53 Å². The number of carboxylic acids is 1. The number of hydrogen-bond acceptors (Lipinski definition) is 3. The molecule has 1 rings (SSSR count). The van der Waals surface area contributed by atoms with Crippen molar-refractivity contribution in [2.24, 2.45) is 5.92 Å². The molecule has 1 atom stereocenters. The van der Waals surface area contributed by atoms with E-state index in [0.29, 0.717) is 6.61 Å². The van der Waals surface area contributed by atoms with E-state index in [-0.39, 0.29) is 18.6 Å². The van der Waals surface area contributed by atoms with Crippen molar-refractivity contribution in [3.05, 3.63) is 0 Å². The summed E-state index contributed by atoms with van der Waals surface area (Å²) in [5, 5.41) is 12.6. The van der Waals surface area contributed by atoms with Crippen LogP contribution in [0.25, 0.3) is 0 Å². The van der Waals surface area contributed by atoms with Gasteiger partial charge in [0, 0.05) is 12.6 Å². The summed E-state index contributed by atoms with van der Waals surface area (Å²) in [6.07, 6.45) is 2.89. The lowest BCUT2D eigenvalue weighted by atomic mass is 9.93. The first kappa shape index (κ1) is 13.5. The summed E-state index contributed by atoms with van der Waals surface area (Å²) in [5.41, 5.74) is -0.872. The first-order chi connectivity index (χ1) is 7.53. The Hall–Kier alpha value is -0.610. The van der Waals surface area contributed by atoms with E-state index in [1.807, 2.05) is 20.8 Å². The third-order valence-electron chi connectivity index (χ3n) is 2.88. The van der Waals surface area contributed by atoms with Crippen LogP contribution in [0.2, 0.25) is 0 Å². The number of ether oxygens (including phenoxy) is 1. The average molecular weight is 229 g/mol. The molecule has 0 radical (unpaired) electrons. The van der Waals surface area contributed by atoms with Crippen molar-refractivity contribution in [2.45, 2.75) is 51.6 Å². The van der Waals surface area contributed by atoms with Gasteiger partial charge in [0.2, 0.25) is 0 Å². The van der Waals surface area contributed by atoms with E-state index in [2.05, 4.69) is 5.32 Å². The Bertz CT molecular complexity index is 238. The molecule has 1 fully saturated rings. The first-order valence-electron chi connectivity index (χ1n) is 6.11. The second kappa shape index (κ2) is 5.64. The second-order valence-corrected chi connectivity index (χ2v) is 4.90. The minimum absolute atomic E-state index is 0.155. The molecular formula is C12H23NO3. The highest BCUT2D eigenvalue weighted by atomic mass is 16.5. The van der Waals surface area contributed by atoms with E-state index in [1.165, 1.54) is 0 Å². The third kappa shape index (κ3) is 3.19. The maximum Gasteiger partial charge on any atom is 0.326 e. The van der Waals surface area contributed by atoms with Crippen LogP contribution in [0.3, 0.4) is 0 Å². The lowest BCUT2D eigenvalue weighted by molar-refractivity contribution is -0.149. The highest BCUT2D eigenvalue weighted by Crippen LogP contribution is 2.40. The van der Waals surface area contributed by atoms with E-state index in [1.54, 1.807) is 0 Å². The topological polar surface area (TPSA) is 58.6 Å². The number of carboxylic acid groups (broad SMARTS) is 1. The zero-order valence-corrected chi connectivity index (χ0v) is 10.5. The highest BCUT2D eigenvalue weighted by molar-refractivity contribution is 5.80. The molecule has 0 aromatic heterocycles. The SMILES string of the molecule is CCCOCC(NC(C)C)(C(=O)O)C1CC1. The van der Waals surface area contributed by atoms with E-state index in [4.69, 9.17) is 4.74 Å². The Kier molecular flexibility index (Phi) is 4.74. The molecular weight excluding hydrogens is 206 g/mol. The van der Waals surface area contributed by atoms with Crippen molar-refractivity contribution >= 4 is 5.97 Å². The van der Waals surface area contributed by atoms with Gasteiger partial charge in [0.05, 0.1) is 6.61 Å². The summed E-state index contributed by atoms with van der Waals surface area (Å²) < 4.78 is 5.47. The van der Waals surface area contributed by atoms with Gasteiger partial charge in [-0.25, -0.2) is 0 Å². The van der Waals surface area contributed by atoms with Crippen LogP contribution in [-0.4, -0.2) is 35.9 Å². The van der Waals surface area contributed by atoms with E-state index < -0.39 is 11.5 Å². The molecule has 0 amide bonds. The van der Waals surface area contributed by atoms with Crippen LogP contribution in [0.1, 0.15) is 40.0 Å². The lowest BCUT2D eigenvalue weighted by Gasteiger charge is -2.32. The van der Waals surface area contributed by atoms with Crippen LogP contribution in [0.5, 0.6) is 0 Å². The maximum atomic E-state index is 11.5. The molecule has 0 aromatic carbocycles. The predicted octanol–water partition coefficient (Wildman–Crippen LogP) is 1.64. The summed E-state index contributed by atoms with van der Waals surface area (Å²) in [7, 11) is 0. The molecule has 1 aliphatic rings. The van der Waals surface area contributed by atoms with Gasteiger partial charge >= 0.3 is 5.97 Å². The Morgan fingerprint density at radius 1 is 1.56 bits per heavy atom. The number of nitrogens with one attached hydrogen (secondary N) is 1. The smallest absolute Gasteiger partial charge is 0.326 e. The van der Waals surface area contributed by atoms with Gasteiger partial charge in [-0.3, -0.25) is 10.1 Å². The molecule has 0 heterocycles. The van der Waals surface area contributed by atoms with Crippen molar-refractivity contribution < 1.29 is 14.6 Å². The molecule has 2 N–H and O–H groups in total. The largest absolute Gasteiger partial charge is 0.480 e. The molecule has 0 aromatic rings. The van der Waals surface area contributed by atoms with Gasteiger partial charge in [-0.2, -0.15) is 0 Å². The van der Waals surface area contributed by atoms with E-state index in [0.717, 1.165) is 19.3 Å². The van der Waals surface area contributed by atoms with E-state index in [9.17, 15) is 9.90 Å². The Morgan fingerprint density at radius 2 is 2.19 bits per heavy atom. The quantitative estimate of drug-likeness (QED) is 0.621. The molecule has 0 saturated heterocycles. The minimum Gasteiger partial charge on any atom is -0.480 e. The predicted molar refractivity (Wildman–Crippen MR) is 62.5 cm³/mol. The van der Waals surface area contributed by atoms with Gasteiger partial charge in [0.15, 0.2) is 0 Å².